The van der Waals surface area contributed by atoms with E-state index in [1.807, 2.05) is 6.92 Å². The van der Waals surface area contributed by atoms with Crippen LogP contribution >= 0.6 is 12.4 Å². The van der Waals surface area contributed by atoms with Crippen LogP contribution in [-0.4, -0.2) is 25.0 Å². The van der Waals surface area contributed by atoms with Gasteiger partial charge in [0.05, 0.1) is 12.7 Å². The van der Waals surface area contributed by atoms with E-state index in [1.54, 1.807) is 18.2 Å². The number of esters is 1. The maximum atomic E-state index is 12.0. The predicted octanol–water partition coefficient (Wildman–Crippen LogP) is 2.66. The number of methoxy groups -OCH3 is 1. The number of hydrogen-bond acceptors (Lipinski definition) is 4. The smallest absolute Gasteiger partial charge is 0.338 e. The second-order valence-electron chi connectivity index (χ2n) is 5.63. The Hall–Kier alpha value is -1.59. The lowest BCUT2D eigenvalue weighted by Gasteiger charge is -2.15. The summed E-state index contributed by atoms with van der Waals surface area (Å²) in [6.07, 6.45) is 3.59. The number of nitrogens with two attached hydrogens (primary N) is 1. The third-order valence-corrected chi connectivity index (χ3v) is 4.08. The molecule has 0 heterocycles. The number of hydrogen-bond donors (Lipinski definition) is 2. The van der Waals surface area contributed by atoms with Gasteiger partial charge in [-0.25, -0.2) is 4.79 Å². The van der Waals surface area contributed by atoms with Crippen molar-refractivity contribution in [2.75, 3.05) is 12.4 Å². The molecule has 0 aromatic heterocycles. The van der Waals surface area contributed by atoms with Gasteiger partial charge in [0.1, 0.15) is 0 Å². The number of benzene rings is 1. The molecule has 2 rings (SSSR count). The van der Waals surface area contributed by atoms with Crippen LogP contribution in [0.2, 0.25) is 0 Å². The fourth-order valence-corrected chi connectivity index (χ4v) is 2.85. The van der Waals surface area contributed by atoms with Gasteiger partial charge in [-0.15, -0.1) is 12.4 Å². The van der Waals surface area contributed by atoms with Gasteiger partial charge in [-0.3, -0.25) is 4.79 Å². The van der Waals surface area contributed by atoms with Crippen molar-refractivity contribution in [3.63, 3.8) is 0 Å². The summed E-state index contributed by atoms with van der Waals surface area (Å²) in [5, 5.41) is 2.87. The number of aryl methyl sites for hydroxylation is 1. The molecule has 0 radical (unpaired) electrons. The molecule has 0 unspecified atom stereocenters. The van der Waals surface area contributed by atoms with Gasteiger partial charge >= 0.3 is 5.97 Å². The quantitative estimate of drug-likeness (QED) is 0.833. The molecule has 6 heteroatoms. The number of nitrogens with one attached hydrogen (secondary N) is 1. The van der Waals surface area contributed by atoms with Gasteiger partial charge in [0, 0.05) is 18.2 Å². The zero-order chi connectivity index (χ0) is 15.4. The fourth-order valence-electron chi connectivity index (χ4n) is 2.85. The molecule has 1 fully saturated rings. The van der Waals surface area contributed by atoms with Crippen LogP contribution < -0.4 is 11.1 Å². The molecular formula is C16H23ClN2O3. The van der Waals surface area contributed by atoms with Gasteiger partial charge in [0.25, 0.3) is 0 Å². The number of carbonyl (C=O) groups is 2. The Labute approximate surface area is 137 Å². The second-order valence-corrected chi connectivity index (χ2v) is 5.63. The molecular weight excluding hydrogens is 304 g/mol. The molecule has 0 bridgehead atoms. The normalized spacial score (nSPS) is 20.1. The first-order valence-corrected chi connectivity index (χ1v) is 7.25. The molecule has 0 aliphatic heterocycles. The zero-order valence-corrected chi connectivity index (χ0v) is 13.7. The summed E-state index contributed by atoms with van der Waals surface area (Å²) in [5.74, 6) is -0.120. The van der Waals surface area contributed by atoms with Crippen LogP contribution in [0.1, 0.15) is 41.6 Å². The molecule has 2 atom stereocenters. The molecule has 122 valence electrons. The Morgan fingerprint density at radius 2 is 2.09 bits per heavy atom. The average molecular weight is 327 g/mol. The lowest BCUT2D eigenvalue weighted by atomic mass is 10.00. The van der Waals surface area contributed by atoms with Gasteiger partial charge < -0.3 is 15.8 Å². The number of halogens is 1. The number of rotatable bonds is 4. The Balaban J connectivity index is 0.00000242. The van der Waals surface area contributed by atoms with Crippen molar-refractivity contribution in [1.82, 2.24) is 0 Å². The molecule has 1 amide bonds. The van der Waals surface area contributed by atoms with Crippen LogP contribution in [0, 0.1) is 12.8 Å². The minimum atomic E-state index is -0.373. The summed E-state index contributed by atoms with van der Waals surface area (Å²) >= 11 is 0. The van der Waals surface area contributed by atoms with Crippen molar-refractivity contribution in [2.24, 2.45) is 11.7 Å². The summed E-state index contributed by atoms with van der Waals surface area (Å²) in [4.78, 5) is 23.6. The van der Waals surface area contributed by atoms with Crippen LogP contribution in [0.4, 0.5) is 5.69 Å². The van der Waals surface area contributed by atoms with Gasteiger partial charge in [-0.1, -0.05) is 6.42 Å². The van der Waals surface area contributed by atoms with E-state index in [-0.39, 0.29) is 36.2 Å². The van der Waals surface area contributed by atoms with Crippen LogP contribution in [0.25, 0.3) is 0 Å². The molecule has 1 aliphatic carbocycles. The first kappa shape index (κ1) is 18.5. The number of anilines is 1. The highest BCUT2D eigenvalue weighted by Gasteiger charge is 2.26. The maximum Gasteiger partial charge on any atom is 0.338 e. The first-order valence-electron chi connectivity index (χ1n) is 7.25. The number of carbonyl (C=O) groups excluding carboxylic acids is 2. The summed E-state index contributed by atoms with van der Waals surface area (Å²) in [6, 6.07) is 5.29. The van der Waals surface area contributed by atoms with Crippen LogP contribution in [-0.2, 0) is 9.53 Å². The maximum absolute atomic E-state index is 12.0. The molecule has 0 spiro atoms. The standard InChI is InChI=1S/C16H22N2O3.ClH/c1-10-8-12(6-7-13(10)16(20)21-2)18-15(19)9-11-4-3-5-14(11)17;/h6-8,11,14H,3-5,9,17H2,1-2H3,(H,18,19);1H/t11-,14+;/m0./s1. The number of ether oxygens (including phenoxy) is 1. The van der Waals surface area contributed by atoms with E-state index in [9.17, 15) is 9.59 Å². The van der Waals surface area contributed by atoms with E-state index in [2.05, 4.69) is 5.32 Å². The Kier molecular flexibility index (Phi) is 6.84. The van der Waals surface area contributed by atoms with Crippen molar-refractivity contribution in [1.29, 1.82) is 0 Å². The SMILES string of the molecule is COC(=O)c1ccc(NC(=O)C[C@@H]2CCC[C@H]2N)cc1C.Cl. The van der Waals surface area contributed by atoms with E-state index in [0.29, 0.717) is 17.7 Å². The van der Waals surface area contributed by atoms with Crippen molar-refractivity contribution < 1.29 is 14.3 Å². The monoisotopic (exact) mass is 326 g/mol. The lowest BCUT2D eigenvalue weighted by Crippen LogP contribution is -2.28. The minimum Gasteiger partial charge on any atom is -0.465 e. The molecule has 5 nitrogen and oxygen atoms in total. The van der Waals surface area contributed by atoms with Crippen molar-refractivity contribution in [2.45, 2.75) is 38.6 Å². The van der Waals surface area contributed by atoms with Gasteiger partial charge in [-0.05, 0) is 49.4 Å². The second kappa shape index (κ2) is 8.15. The van der Waals surface area contributed by atoms with E-state index in [0.717, 1.165) is 24.8 Å². The van der Waals surface area contributed by atoms with Crippen molar-refractivity contribution >= 4 is 30.0 Å². The van der Waals surface area contributed by atoms with E-state index < -0.39 is 0 Å². The van der Waals surface area contributed by atoms with Crippen molar-refractivity contribution in [3.05, 3.63) is 29.3 Å². The third kappa shape index (κ3) is 4.45. The molecule has 0 saturated heterocycles. The molecule has 1 saturated carbocycles. The Morgan fingerprint density at radius 3 is 2.64 bits per heavy atom. The predicted molar refractivity (Wildman–Crippen MR) is 88.3 cm³/mol. The van der Waals surface area contributed by atoms with Gasteiger partial charge in [-0.2, -0.15) is 0 Å². The molecule has 1 aromatic carbocycles. The lowest BCUT2D eigenvalue weighted by molar-refractivity contribution is -0.117. The summed E-state index contributed by atoms with van der Waals surface area (Å²) in [7, 11) is 1.35. The largest absolute Gasteiger partial charge is 0.465 e. The number of amides is 1. The highest BCUT2D eigenvalue weighted by molar-refractivity contribution is 5.94. The molecule has 1 aliphatic rings. The van der Waals surface area contributed by atoms with E-state index >= 15 is 0 Å². The Morgan fingerprint density at radius 1 is 1.36 bits per heavy atom. The summed E-state index contributed by atoms with van der Waals surface area (Å²) in [6.45, 7) is 1.81. The third-order valence-electron chi connectivity index (χ3n) is 4.08. The molecule has 1 aromatic rings. The summed E-state index contributed by atoms with van der Waals surface area (Å²) in [5.41, 5.74) is 7.96. The fraction of sp³-hybridized carbons (Fsp3) is 0.500. The highest BCUT2D eigenvalue weighted by atomic mass is 35.5. The average Bonchev–Trinajstić information content (AvgIpc) is 2.83. The van der Waals surface area contributed by atoms with Gasteiger partial charge in [0.15, 0.2) is 0 Å². The Bertz CT molecular complexity index is 548. The van der Waals surface area contributed by atoms with Gasteiger partial charge in [0.2, 0.25) is 5.91 Å². The minimum absolute atomic E-state index is 0. The van der Waals surface area contributed by atoms with Crippen LogP contribution in [0.5, 0.6) is 0 Å². The topological polar surface area (TPSA) is 81.4 Å². The van der Waals surface area contributed by atoms with Crippen LogP contribution in [0.15, 0.2) is 18.2 Å². The van der Waals surface area contributed by atoms with E-state index in [4.69, 9.17) is 10.5 Å². The van der Waals surface area contributed by atoms with Crippen LogP contribution in [0.3, 0.4) is 0 Å². The summed E-state index contributed by atoms with van der Waals surface area (Å²) < 4.78 is 4.70. The van der Waals surface area contributed by atoms with Crippen molar-refractivity contribution in [3.8, 4) is 0 Å². The molecule has 22 heavy (non-hydrogen) atoms. The first-order chi connectivity index (χ1) is 10.0. The highest BCUT2D eigenvalue weighted by Crippen LogP contribution is 2.27. The van der Waals surface area contributed by atoms with E-state index in [1.165, 1.54) is 7.11 Å². The zero-order valence-electron chi connectivity index (χ0n) is 12.9. The molecule has 3 N–H and O–H groups in total.